The molecule has 0 unspecified atom stereocenters. The Bertz CT molecular complexity index is 521. The Kier molecular flexibility index (Phi) is 5.59. The highest BCUT2D eigenvalue weighted by molar-refractivity contribution is 6.41. The van der Waals surface area contributed by atoms with Gasteiger partial charge in [-0.05, 0) is 25.0 Å². The molecular formula is C15H19ClN2O3. The van der Waals surface area contributed by atoms with Gasteiger partial charge in [0.1, 0.15) is 0 Å². The lowest BCUT2D eigenvalue weighted by molar-refractivity contribution is -0.136. The van der Waals surface area contributed by atoms with Crippen molar-refractivity contribution in [3.05, 3.63) is 29.3 Å². The fourth-order valence-corrected chi connectivity index (χ4v) is 2.65. The van der Waals surface area contributed by atoms with Gasteiger partial charge >= 0.3 is 11.8 Å². The van der Waals surface area contributed by atoms with Gasteiger partial charge in [0.05, 0.1) is 16.8 Å². The molecule has 0 aromatic heterocycles. The third-order valence-corrected chi connectivity index (χ3v) is 4.05. The van der Waals surface area contributed by atoms with Crippen molar-refractivity contribution in [3.63, 3.8) is 0 Å². The summed E-state index contributed by atoms with van der Waals surface area (Å²) in [7, 11) is 0. The quantitative estimate of drug-likeness (QED) is 0.747. The van der Waals surface area contributed by atoms with Gasteiger partial charge in [-0.25, -0.2) is 0 Å². The van der Waals surface area contributed by atoms with E-state index < -0.39 is 17.9 Å². The van der Waals surface area contributed by atoms with Gasteiger partial charge in [0.2, 0.25) is 0 Å². The minimum absolute atomic E-state index is 0.0239. The number of para-hydroxylation sites is 1. The van der Waals surface area contributed by atoms with Crippen molar-refractivity contribution >= 4 is 29.1 Å². The SMILES string of the molecule is O=C(NC[C@H]1CCCC[C@H]1O)C(=O)Nc1ccccc1Cl. The van der Waals surface area contributed by atoms with Gasteiger partial charge in [0.25, 0.3) is 0 Å². The number of carbonyl (C=O) groups is 2. The number of nitrogens with one attached hydrogen (secondary N) is 2. The van der Waals surface area contributed by atoms with E-state index in [-0.39, 0.29) is 5.92 Å². The van der Waals surface area contributed by atoms with Crippen molar-refractivity contribution in [2.75, 3.05) is 11.9 Å². The molecule has 1 aromatic rings. The molecule has 0 aliphatic heterocycles. The van der Waals surface area contributed by atoms with Gasteiger partial charge in [-0.15, -0.1) is 0 Å². The maximum absolute atomic E-state index is 11.8. The van der Waals surface area contributed by atoms with Crippen molar-refractivity contribution in [1.82, 2.24) is 5.32 Å². The summed E-state index contributed by atoms with van der Waals surface area (Å²) in [6, 6.07) is 6.71. The van der Waals surface area contributed by atoms with E-state index in [1.165, 1.54) is 0 Å². The second kappa shape index (κ2) is 7.43. The lowest BCUT2D eigenvalue weighted by Crippen LogP contribution is -2.41. The van der Waals surface area contributed by atoms with Gasteiger partial charge < -0.3 is 15.7 Å². The summed E-state index contributed by atoms with van der Waals surface area (Å²) in [5, 5.41) is 15.2. The highest BCUT2D eigenvalue weighted by atomic mass is 35.5. The van der Waals surface area contributed by atoms with Gasteiger partial charge in [0, 0.05) is 12.5 Å². The normalized spacial score (nSPS) is 21.6. The predicted octanol–water partition coefficient (Wildman–Crippen LogP) is 1.95. The number of anilines is 1. The van der Waals surface area contributed by atoms with Crippen LogP contribution >= 0.6 is 11.6 Å². The molecule has 0 radical (unpaired) electrons. The number of benzene rings is 1. The number of hydrogen-bond donors (Lipinski definition) is 3. The third-order valence-electron chi connectivity index (χ3n) is 3.72. The fraction of sp³-hybridized carbons (Fsp3) is 0.467. The van der Waals surface area contributed by atoms with E-state index in [1.54, 1.807) is 24.3 Å². The molecule has 0 saturated heterocycles. The first-order chi connectivity index (χ1) is 10.1. The number of hydrogen-bond acceptors (Lipinski definition) is 3. The highest BCUT2D eigenvalue weighted by Gasteiger charge is 2.24. The Labute approximate surface area is 128 Å². The van der Waals surface area contributed by atoms with Crippen molar-refractivity contribution < 1.29 is 14.7 Å². The maximum Gasteiger partial charge on any atom is 0.313 e. The molecule has 0 heterocycles. The fourth-order valence-electron chi connectivity index (χ4n) is 2.47. The van der Waals surface area contributed by atoms with Crippen LogP contribution in [-0.4, -0.2) is 29.6 Å². The average Bonchev–Trinajstić information content (AvgIpc) is 2.48. The molecule has 21 heavy (non-hydrogen) atoms. The number of carbonyl (C=O) groups excluding carboxylic acids is 2. The minimum atomic E-state index is -0.756. The minimum Gasteiger partial charge on any atom is -0.393 e. The summed E-state index contributed by atoms with van der Waals surface area (Å²) < 4.78 is 0. The first-order valence-corrected chi connectivity index (χ1v) is 7.47. The van der Waals surface area contributed by atoms with Crippen LogP contribution in [0, 0.1) is 5.92 Å². The summed E-state index contributed by atoms with van der Waals surface area (Å²) in [4.78, 5) is 23.5. The number of rotatable bonds is 3. The van der Waals surface area contributed by atoms with Crippen LogP contribution in [0.4, 0.5) is 5.69 Å². The monoisotopic (exact) mass is 310 g/mol. The molecule has 1 aromatic carbocycles. The molecule has 1 fully saturated rings. The van der Waals surface area contributed by atoms with Crippen LogP contribution in [-0.2, 0) is 9.59 Å². The summed E-state index contributed by atoms with van der Waals surface area (Å²) in [6.07, 6.45) is 3.28. The summed E-state index contributed by atoms with van der Waals surface area (Å²) in [6.45, 7) is 0.315. The standard InChI is InChI=1S/C15H19ClN2O3/c16-11-6-2-3-7-12(11)18-15(21)14(20)17-9-10-5-1-4-8-13(10)19/h2-3,6-7,10,13,19H,1,4-5,8-9H2,(H,17,20)(H,18,21)/t10-,13-/m1/s1. The van der Waals surface area contributed by atoms with Gasteiger partial charge in [-0.2, -0.15) is 0 Å². The molecule has 114 valence electrons. The van der Waals surface area contributed by atoms with Crippen LogP contribution < -0.4 is 10.6 Å². The summed E-state index contributed by atoms with van der Waals surface area (Å²) in [5.41, 5.74) is 0.400. The molecule has 1 saturated carbocycles. The van der Waals surface area contributed by atoms with E-state index in [0.717, 1.165) is 25.7 Å². The summed E-state index contributed by atoms with van der Waals surface area (Å²) >= 11 is 5.91. The van der Waals surface area contributed by atoms with Crippen LogP contribution in [0.5, 0.6) is 0 Å². The van der Waals surface area contributed by atoms with Crippen molar-refractivity contribution in [3.8, 4) is 0 Å². The van der Waals surface area contributed by atoms with Gasteiger partial charge in [-0.3, -0.25) is 9.59 Å². The van der Waals surface area contributed by atoms with E-state index in [9.17, 15) is 14.7 Å². The van der Waals surface area contributed by atoms with E-state index >= 15 is 0 Å². The summed E-state index contributed by atoms with van der Waals surface area (Å²) in [5.74, 6) is -1.45. The van der Waals surface area contributed by atoms with Gasteiger partial charge in [-0.1, -0.05) is 36.6 Å². The molecule has 5 nitrogen and oxygen atoms in total. The first-order valence-electron chi connectivity index (χ1n) is 7.09. The molecule has 0 spiro atoms. The van der Waals surface area contributed by atoms with E-state index in [2.05, 4.69) is 10.6 Å². The largest absolute Gasteiger partial charge is 0.393 e. The number of halogens is 1. The molecule has 6 heteroatoms. The van der Waals surface area contributed by atoms with Crippen molar-refractivity contribution in [2.45, 2.75) is 31.8 Å². The van der Waals surface area contributed by atoms with Crippen LogP contribution in [0.3, 0.4) is 0 Å². The topological polar surface area (TPSA) is 78.4 Å². The molecule has 2 rings (SSSR count). The second-order valence-electron chi connectivity index (χ2n) is 5.26. The first kappa shape index (κ1) is 15.8. The number of aliphatic hydroxyl groups is 1. The number of aliphatic hydroxyl groups excluding tert-OH is 1. The molecule has 0 bridgehead atoms. The van der Waals surface area contributed by atoms with Gasteiger partial charge in [0.15, 0.2) is 0 Å². The van der Waals surface area contributed by atoms with Crippen LogP contribution in [0.1, 0.15) is 25.7 Å². The molecule has 3 N–H and O–H groups in total. The van der Waals surface area contributed by atoms with E-state index in [1.807, 2.05) is 0 Å². The van der Waals surface area contributed by atoms with Crippen molar-refractivity contribution in [1.29, 1.82) is 0 Å². The maximum atomic E-state index is 11.8. The average molecular weight is 311 g/mol. The Morgan fingerprint density at radius 3 is 2.62 bits per heavy atom. The molecule has 2 atom stereocenters. The Hall–Kier alpha value is -1.59. The van der Waals surface area contributed by atoms with E-state index in [4.69, 9.17) is 11.6 Å². The second-order valence-corrected chi connectivity index (χ2v) is 5.66. The van der Waals surface area contributed by atoms with Crippen LogP contribution in [0.15, 0.2) is 24.3 Å². The van der Waals surface area contributed by atoms with Crippen LogP contribution in [0.2, 0.25) is 5.02 Å². The molecule has 2 amide bonds. The lowest BCUT2D eigenvalue weighted by atomic mass is 9.86. The predicted molar refractivity (Wildman–Crippen MR) is 81.1 cm³/mol. The molecular weight excluding hydrogens is 292 g/mol. The smallest absolute Gasteiger partial charge is 0.313 e. The van der Waals surface area contributed by atoms with Crippen molar-refractivity contribution in [2.24, 2.45) is 5.92 Å². The van der Waals surface area contributed by atoms with Crippen LogP contribution in [0.25, 0.3) is 0 Å². The van der Waals surface area contributed by atoms with E-state index in [0.29, 0.717) is 17.3 Å². The zero-order chi connectivity index (χ0) is 15.2. The lowest BCUT2D eigenvalue weighted by Gasteiger charge is -2.27. The third kappa shape index (κ3) is 4.44. The Balaban J connectivity index is 1.83. The zero-order valence-corrected chi connectivity index (χ0v) is 12.4. The zero-order valence-electron chi connectivity index (χ0n) is 11.6. The number of amides is 2. The molecule has 1 aliphatic carbocycles. The Morgan fingerprint density at radius 1 is 1.19 bits per heavy atom. The highest BCUT2D eigenvalue weighted by Crippen LogP contribution is 2.23. The Morgan fingerprint density at radius 2 is 1.90 bits per heavy atom. The molecule has 1 aliphatic rings.